The van der Waals surface area contributed by atoms with Gasteiger partial charge in [0, 0.05) is 42.5 Å². The SMILES string of the molecule is Cc1ccn(C)c(=O)c1C(=O)NC1CCC(Oc2cccc3cnccc23)CC1. The van der Waals surface area contributed by atoms with Crippen molar-refractivity contribution >= 4 is 16.7 Å². The molecule has 0 spiro atoms. The zero-order valence-corrected chi connectivity index (χ0v) is 16.7. The fourth-order valence-corrected chi connectivity index (χ4v) is 3.95. The average molecular weight is 391 g/mol. The number of pyridine rings is 2. The number of aromatic nitrogens is 2. The van der Waals surface area contributed by atoms with E-state index in [9.17, 15) is 9.59 Å². The molecule has 150 valence electrons. The number of rotatable bonds is 4. The number of aryl methyl sites for hydroxylation is 2. The molecule has 1 aliphatic rings. The molecule has 0 atom stereocenters. The summed E-state index contributed by atoms with van der Waals surface area (Å²) in [6.07, 6.45) is 8.79. The summed E-state index contributed by atoms with van der Waals surface area (Å²) >= 11 is 0. The van der Waals surface area contributed by atoms with E-state index in [0.717, 1.165) is 42.2 Å². The quantitative estimate of drug-likeness (QED) is 0.740. The van der Waals surface area contributed by atoms with E-state index >= 15 is 0 Å². The van der Waals surface area contributed by atoms with E-state index in [-0.39, 0.29) is 29.2 Å². The monoisotopic (exact) mass is 391 g/mol. The highest BCUT2D eigenvalue weighted by Gasteiger charge is 2.25. The summed E-state index contributed by atoms with van der Waals surface area (Å²) in [7, 11) is 1.66. The molecule has 1 N–H and O–H groups in total. The van der Waals surface area contributed by atoms with Crippen LogP contribution in [0.25, 0.3) is 10.8 Å². The van der Waals surface area contributed by atoms with Gasteiger partial charge < -0.3 is 14.6 Å². The first-order chi connectivity index (χ1) is 14.0. The molecule has 1 aromatic carbocycles. The van der Waals surface area contributed by atoms with Gasteiger partial charge in [0.15, 0.2) is 0 Å². The van der Waals surface area contributed by atoms with Crippen molar-refractivity contribution in [2.75, 3.05) is 0 Å². The number of ether oxygens (including phenoxy) is 1. The molecule has 4 rings (SSSR count). The number of amides is 1. The Kier molecular flexibility index (Phi) is 5.34. The number of hydrogen-bond donors (Lipinski definition) is 1. The summed E-state index contributed by atoms with van der Waals surface area (Å²) in [5.74, 6) is 0.593. The lowest BCUT2D eigenvalue weighted by atomic mass is 9.92. The van der Waals surface area contributed by atoms with Crippen LogP contribution in [0.15, 0.2) is 53.7 Å². The first kappa shape index (κ1) is 19.2. The number of benzene rings is 1. The van der Waals surface area contributed by atoms with Gasteiger partial charge in [-0.3, -0.25) is 14.6 Å². The molecule has 0 unspecified atom stereocenters. The van der Waals surface area contributed by atoms with E-state index in [4.69, 9.17) is 4.74 Å². The van der Waals surface area contributed by atoms with Crippen molar-refractivity contribution in [1.82, 2.24) is 14.9 Å². The number of carbonyl (C=O) groups excluding carboxylic acids is 1. The third-order valence-corrected chi connectivity index (χ3v) is 5.65. The molecule has 2 heterocycles. The first-order valence-corrected chi connectivity index (χ1v) is 9.99. The fraction of sp³-hybridized carbons (Fsp3) is 0.348. The van der Waals surface area contributed by atoms with Crippen molar-refractivity contribution in [2.24, 2.45) is 7.05 Å². The van der Waals surface area contributed by atoms with Crippen molar-refractivity contribution in [3.05, 3.63) is 70.4 Å². The number of carbonyl (C=O) groups is 1. The zero-order chi connectivity index (χ0) is 20.4. The Morgan fingerprint density at radius 2 is 1.97 bits per heavy atom. The second-order valence-corrected chi connectivity index (χ2v) is 7.71. The van der Waals surface area contributed by atoms with Crippen LogP contribution in [0.1, 0.15) is 41.6 Å². The van der Waals surface area contributed by atoms with Crippen LogP contribution in [0.3, 0.4) is 0 Å². The number of nitrogens with one attached hydrogen (secondary N) is 1. The molecule has 3 aromatic rings. The lowest BCUT2D eigenvalue weighted by molar-refractivity contribution is 0.0892. The maximum Gasteiger partial charge on any atom is 0.263 e. The van der Waals surface area contributed by atoms with E-state index in [2.05, 4.69) is 10.3 Å². The normalized spacial score (nSPS) is 19.1. The molecule has 6 nitrogen and oxygen atoms in total. The van der Waals surface area contributed by atoms with Gasteiger partial charge in [0.05, 0.1) is 6.10 Å². The molecule has 1 fully saturated rings. The Bertz CT molecular complexity index is 1090. The van der Waals surface area contributed by atoms with Gasteiger partial charge in [0.1, 0.15) is 11.3 Å². The Labute approximate surface area is 169 Å². The standard InChI is InChI=1S/C23H25N3O3/c1-15-11-13-26(2)23(28)21(15)22(27)25-17-6-8-18(9-7-17)29-20-5-3-4-16-14-24-12-10-19(16)20/h3-5,10-14,17-18H,6-9H2,1-2H3,(H,25,27). The molecular weight excluding hydrogens is 366 g/mol. The van der Waals surface area contributed by atoms with Gasteiger partial charge in [-0.1, -0.05) is 12.1 Å². The molecule has 1 saturated carbocycles. The van der Waals surface area contributed by atoms with Crippen molar-refractivity contribution in [3.8, 4) is 5.75 Å². The van der Waals surface area contributed by atoms with Gasteiger partial charge in [-0.2, -0.15) is 0 Å². The Morgan fingerprint density at radius 1 is 1.17 bits per heavy atom. The van der Waals surface area contributed by atoms with Gasteiger partial charge in [-0.05, 0) is 56.4 Å². The molecule has 1 aliphatic carbocycles. The second kappa shape index (κ2) is 8.07. The smallest absolute Gasteiger partial charge is 0.263 e. The molecule has 0 saturated heterocycles. The van der Waals surface area contributed by atoms with Gasteiger partial charge in [0.25, 0.3) is 11.5 Å². The minimum atomic E-state index is -0.283. The van der Waals surface area contributed by atoms with Gasteiger partial charge >= 0.3 is 0 Å². The van der Waals surface area contributed by atoms with Gasteiger partial charge in [-0.25, -0.2) is 0 Å². The first-order valence-electron chi connectivity index (χ1n) is 9.99. The maximum atomic E-state index is 12.7. The molecule has 29 heavy (non-hydrogen) atoms. The lowest BCUT2D eigenvalue weighted by Gasteiger charge is -2.30. The highest BCUT2D eigenvalue weighted by atomic mass is 16.5. The van der Waals surface area contributed by atoms with E-state index in [1.54, 1.807) is 32.4 Å². The predicted octanol–water partition coefficient (Wildman–Crippen LogP) is 3.36. The largest absolute Gasteiger partial charge is 0.490 e. The van der Waals surface area contributed by atoms with Gasteiger partial charge in [0.2, 0.25) is 0 Å². The topological polar surface area (TPSA) is 73.2 Å². The van der Waals surface area contributed by atoms with Crippen molar-refractivity contribution in [1.29, 1.82) is 0 Å². The van der Waals surface area contributed by atoms with Crippen molar-refractivity contribution < 1.29 is 9.53 Å². The summed E-state index contributed by atoms with van der Waals surface area (Å²) in [6, 6.07) is 9.82. The summed E-state index contributed by atoms with van der Waals surface area (Å²) < 4.78 is 7.70. The maximum absolute atomic E-state index is 12.7. The van der Waals surface area contributed by atoms with E-state index in [1.165, 1.54) is 4.57 Å². The molecule has 2 aromatic heterocycles. The van der Waals surface area contributed by atoms with Crippen molar-refractivity contribution in [2.45, 2.75) is 44.8 Å². The van der Waals surface area contributed by atoms with Crippen LogP contribution in [-0.2, 0) is 7.05 Å². The van der Waals surface area contributed by atoms with Gasteiger partial charge in [-0.15, -0.1) is 0 Å². The van der Waals surface area contributed by atoms with Crippen molar-refractivity contribution in [3.63, 3.8) is 0 Å². The summed E-state index contributed by atoms with van der Waals surface area (Å²) in [5.41, 5.74) is 0.677. The Balaban J connectivity index is 1.38. The van der Waals surface area contributed by atoms with Crippen LogP contribution in [-0.4, -0.2) is 27.6 Å². The molecule has 0 radical (unpaired) electrons. The molecular formula is C23H25N3O3. The summed E-state index contributed by atoms with van der Waals surface area (Å²) in [5, 5.41) is 5.17. The Hall–Kier alpha value is -3.15. The average Bonchev–Trinajstić information content (AvgIpc) is 2.73. The van der Waals surface area contributed by atoms with Crippen LogP contribution in [0.2, 0.25) is 0 Å². The molecule has 6 heteroatoms. The van der Waals surface area contributed by atoms with Crippen LogP contribution < -0.4 is 15.6 Å². The highest BCUT2D eigenvalue weighted by Crippen LogP contribution is 2.29. The van der Waals surface area contributed by atoms with Crippen LogP contribution in [0.4, 0.5) is 0 Å². The number of fused-ring (bicyclic) bond motifs is 1. The van der Waals surface area contributed by atoms with E-state index in [0.29, 0.717) is 5.56 Å². The van der Waals surface area contributed by atoms with Crippen LogP contribution in [0, 0.1) is 6.92 Å². The third-order valence-electron chi connectivity index (χ3n) is 5.65. The van der Waals surface area contributed by atoms with E-state index in [1.807, 2.05) is 30.5 Å². The van der Waals surface area contributed by atoms with Crippen LogP contribution >= 0.6 is 0 Å². The predicted molar refractivity (Wildman–Crippen MR) is 112 cm³/mol. The number of hydrogen-bond acceptors (Lipinski definition) is 4. The van der Waals surface area contributed by atoms with Crippen LogP contribution in [0.5, 0.6) is 5.75 Å². The lowest BCUT2D eigenvalue weighted by Crippen LogP contribution is -2.42. The molecule has 0 bridgehead atoms. The Morgan fingerprint density at radius 3 is 2.76 bits per heavy atom. The highest BCUT2D eigenvalue weighted by molar-refractivity contribution is 5.95. The third kappa shape index (κ3) is 4.01. The zero-order valence-electron chi connectivity index (χ0n) is 16.7. The summed E-state index contributed by atoms with van der Waals surface area (Å²) in [4.78, 5) is 29.1. The number of nitrogens with zero attached hydrogens (tertiary/aromatic N) is 2. The molecule has 1 amide bonds. The van der Waals surface area contributed by atoms with E-state index < -0.39 is 0 Å². The minimum absolute atomic E-state index is 0.0587. The molecule has 0 aliphatic heterocycles. The minimum Gasteiger partial charge on any atom is -0.490 e. The summed E-state index contributed by atoms with van der Waals surface area (Å²) in [6.45, 7) is 1.79. The second-order valence-electron chi connectivity index (χ2n) is 7.71. The fourth-order valence-electron chi connectivity index (χ4n) is 3.95.